The molecule has 0 radical (unpaired) electrons. The number of likely N-dealkylation sites (N-methyl/N-ethyl adjacent to an activating group) is 1. The molecule has 1 aromatic carbocycles. The Morgan fingerprint density at radius 1 is 1.28 bits per heavy atom. The first-order valence-electron chi connectivity index (χ1n) is 5.64. The highest BCUT2D eigenvalue weighted by Gasteiger charge is 2.08. The molecule has 2 aromatic rings. The lowest BCUT2D eigenvalue weighted by Crippen LogP contribution is -2.29. The molecule has 2 N–H and O–H groups in total. The topological polar surface area (TPSA) is 66.9 Å². The fourth-order valence-corrected chi connectivity index (χ4v) is 1.83. The van der Waals surface area contributed by atoms with Crippen LogP contribution in [0.4, 0.5) is 5.82 Å². The number of benzene rings is 1. The Labute approximate surface area is 110 Å². The minimum absolute atomic E-state index is 0.0849. The number of hydrogen-bond acceptors (Lipinski definition) is 4. The molecule has 0 aliphatic heterocycles. The van der Waals surface area contributed by atoms with E-state index in [1.807, 2.05) is 31.2 Å². The van der Waals surface area contributed by atoms with Crippen molar-refractivity contribution in [3.8, 4) is 0 Å². The molecular weight excluding hydrogens is 252 g/mol. The molecule has 0 aliphatic carbocycles. The fourth-order valence-electron chi connectivity index (χ4n) is 1.63. The average molecular weight is 265 g/mol. The van der Waals surface area contributed by atoms with Crippen molar-refractivity contribution in [3.05, 3.63) is 29.4 Å². The van der Waals surface area contributed by atoms with E-state index in [2.05, 4.69) is 20.8 Å². The van der Waals surface area contributed by atoms with Gasteiger partial charge in [-0.05, 0) is 6.92 Å². The predicted molar refractivity (Wildman–Crippen MR) is 71.7 cm³/mol. The molecule has 0 bridgehead atoms. The summed E-state index contributed by atoms with van der Waals surface area (Å²) in [5.41, 5.74) is 0. The second-order valence-electron chi connectivity index (χ2n) is 3.69. The third-order valence-corrected chi connectivity index (χ3v) is 2.71. The molecule has 6 heteroatoms. The monoisotopic (exact) mass is 264 g/mol. The van der Waals surface area contributed by atoms with Gasteiger partial charge >= 0.3 is 0 Å². The van der Waals surface area contributed by atoms with Gasteiger partial charge in [0.15, 0.2) is 11.0 Å². The minimum atomic E-state index is -0.0849. The van der Waals surface area contributed by atoms with Crippen LogP contribution in [0.5, 0.6) is 0 Å². The molecule has 18 heavy (non-hydrogen) atoms. The Bertz CT molecular complexity index is 573. The number of nitrogens with one attached hydrogen (secondary N) is 2. The van der Waals surface area contributed by atoms with Crippen LogP contribution in [-0.4, -0.2) is 29.2 Å². The van der Waals surface area contributed by atoms with E-state index in [4.69, 9.17) is 11.6 Å². The number of aromatic nitrogens is 2. The van der Waals surface area contributed by atoms with Gasteiger partial charge in [-0.1, -0.05) is 35.9 Å². The molecule has 94 valence electrons. The zero-order valence-corrected chi connectivity index (χ0v) is 10.7. The normalized spacial score (nSPS) is 10.3. The van der Waals surface area contributed by atoms with Crippen LogP contribution in [0.2, 0.25) is 5.15 Å². The van der Waals surface area contributed by atoms with Crippen molar-refractivity contribution in [1.29, 1.82) is 0 Å². The lowest BCUT2D eigenvalue weighted by Gasteiger charge is -2.08. The van der Waals surface area contributed by atoms with E-state index in [0.717, 1.165) is 10.8 Å². The summed E-state index contributed by atoms with van der Waals surface area (Å²) in [6.45, 7) is 2.64. The lowest BCUT2D eigenvalue weighted by molar-refractivity contribution is -0.119. The van der Waals surface area contributed by atoms with Gasteiger partial charge < -0.3 is 10.6 Å². The van der Waals surface area contributed by atoms with Gasteiger partial charge in [-0.3, -0.25) is 4.79 Å². The maximum absolute atomic E-state index is 11.4. The molecular formula is C12H13ClN4O. The predicted octanol–water partition coefficient (Wildman–Crippen LogP) is 1.83. The number of carbonyl (C=O) groups excluding carboxylic acids is 1. The number of rotatable bonds is 4. The highest BCUT2D eigenvalue weighted by molar-refractivity contribution is 6.34. The van der Waals surface area contributed by atoms with Gasteiger partial charge in [0.05, 0.1) is 6.54 Å². The summed E-state index contributed by atoms with van der Waals surface area (Å²) in [6, 6.07) is 7.51. The molecule has 0 aliphatic rings. The van der Waals surface area contributed by atoms with Crippen molar-refractivity contribution in [3.63, 3.8) is 0 Å². The zero-order valence-electron chi connectivity index (χ0n) is 9.90. The number of amides is 1. The molecule has 1 heterocycles. The molecule has 0 spiro atoms. The minimum Gasteiger partial charge on any atom is -0.359 e. The van der Waals surface area contributed by atoms with Crippen LogP contribution in [0.3, 0.4) is 0 Å². The van der Waals surface area contributed by atoms with Gasteiger partial charge in [0.1, 0.15) is 0 Å². The largest absolute Gasteiger partial charge is 0.359 e. The maximum atomic E-state index is 11.4. The average Bonchev–Trinajstić information content (AvgIpc) is 2.39. The van der Waals surface area contributed by atoms with E-state index in [-0.39, 0.29) is 12.5 Å². The van der Waals surface area contributed by atoms with E-state index in [1.54, 1.807) is 0 Å². The summed E-state index contributed by atoms with van der Waals surface area (Å²) in [6.07, 6.45) is 0. The highest BCUT2D eigenvalue weighted by Crippen LogP contribution is 2.25. The molecule has 5 nitrogen and oxygen atoms in total. The first-order valence-corrected chi connectivity index (χ1v) is 6.01. The second kappa shape index (κ2) is 5.64. The van der Waals surface area contributed by atoms with Crippen LogP contribution >= 0.6 is 11.6 Å². The molecule has 0 saturated heterocycles. The maximum Gasteiger partial charge on any atom is 0.239 e. The number of carbonyl (C=O) groups is 1. The van der Waals surface area contributed by atoms with Crippen LogP contribution in [0.1, 0.15) is 6.92 Å². The van der Waals surface area contributed by atoms with Crippen molar-refractivity contribution in [2.45, 2.75) is 6.92 Å². The molecule has 0 atom stereocenters. The summed E-state index contributed by atoms with van der Waals surface area (Å²) >= 11 is 5.96. The van der Waals surface area contributed by atoms with E-state index < -0.39 is 0 Å². The Morgan fingerprint density at radius 3 is 2.72 bits per heavy atom. The number of hydrogen-bond donors (Lipinski definition) is 2. The van der Waals surface area contributed by atoms with Crippen molar-refractivity contribution in [1.82, 2.24) is 15.5 Å². The molecule has 2 rings (SSSR count). The Kier molecular flexibility index (Phi) is 3.94. The fraction of sp³-hybridized carbons (Fsp3) is 0.250. The van der Waals surface area contributed by atoms with Gasteiger partial charge in [-0.25, -0.2) is 0 Å². The van der Waals surface area contributed by atoms with Gasteiger partial charge in [0.25, 0.3) is 0 Å². The van der Waals surface area contributed by atoms with Crippen LogP contribution in [0, 0.1) is 0 Å². The van der Waals surface area contributed by atoms with Crippen molar-refractivity contribution in [2.75, 3.05) is 18.4 Å². The van der Waals surface area contributed by atoms with E-state index in [9.17, 15) is 4.79 Å². The van der Waals surface area contributed by atoms with Gasteiger partial charge in [-0.15, -0.1) is 10.2 Å². The molecule has 0 saturated carbocycles. The number of halogens is 1. The summed E-state index contributed by atoms with van der Waals surface area (Å²) in [5.74, 6) is 0.472. The van der Waals surface area contributed by atoms with E-state index in [1.165, 1.54) is 0 Å². The summed E-state index contributed by atoms with van der Waals surface area (Å²) < 4.78 is 0. The summed E-state index contributed by atoms with van der Waals surface area (Å²) in [4.78, 5) is 11.4. The molecule has 1 amide bonds. The van der Waals surface area contributed by atoms with Crippen LogP contribution in [0.25, 0.3) is 10.8 Å². The first-order chi connectivity index (χ1) is 8.72. The molecule has 1 aromatic heterocycles. The van der Waals surface area contributed by atoms with Crippen molar-refractivity contribution < 1.29 is 4.79 Å². The van der Waals surface area contributed by atoms with Crippen LogP contribution in [0.15, 0.2) is 24.3 Å². The summed E-state index contributed by atoms with van der Waals surface area (Å²) in [7, 11) is 0. The van der Waals surface area contributed by atoms with Gasteiger partial charge in [0, 0.05) is 17.3 Å². The quantitative estimate of drug-likeness (QED) is 0.884. The Morgan fingerprint density at radius 2 is 2.00 bits per heavy atom. The molecule has 0 unspecified atom stereocenters. The Balaban J connectivity index is 2.24. The smallest absolute Gasteiger partial charge is 0.239 e. The van der Waals surface area contributed by atoms with Crippen molar-refractivity contribution >= 4 is 34.1 Å². The van der Waals surface area contributed by atoms with Crippen LogP contribution < -0.4 is 10.6 Å². The Hall–Kier alpha value is -1.88. The second-order valence-corrected chi connectivity index (χ2v) is 4.05. The van der Waals surface area contributed by atoms with E-state index in [0.29, 0.717) is 17.5 Å². The van der Waals surface area contributed by atoms with Crippen LogP contribution in [-0.2, 0) is 4.79 Å². The third kappa shape index (κ3) is 2.68. The van der Waals surface area contributed by atoms with E-state index >= 15 is 0 Å². The number of nitrogens with zero attached hydrogens (tertiary/aromatic N) is 2. The lowest BCUT2D eigenvalue weighted by atomic mass is 10.2. The van der Waals surface area contributed by atoms with Crippen molar-refractivity contribution in [2.24, 2.45) is 0 Å². The number of anilines is 1. The summed E-state index contributed by atoms with van der Waals surface area (Å²) in [5, 5.41) is 15.5. The third-order valence-electron chi connectivity index (χ3n) is 2.43. The number of fused-ring (bicyclic) bond motifs is 1. The zero-order chi connectivity index (χ0) is 13.0. The standard InChI is InChI=1S/C12H13ClN4O/c1-2-14-10(18)7-15-12-9-6-4-3-5-8(9)11(13)16-17-12/h3-6H,2,7H2,1H3,(H,14,18)(H,15,17). The molecule has 0 fully saturated rings. The highest BCUT2D eigenvalue weighted by atomic mass is 35.5. The van der Waals surface area contributed by atoms with Gasteiger partial charge in [0.2, 0.25) is 5.91 Å². The first kappa shape index (κ1) is 12.6. The SMILES string of the molecule is CCNC(=O)CNc1nnc(Cl)c2ccccc12. The van der Waals surface area contributed by atoms with Gasteiger partial charge in [-0.2, -0.15) is 0 Å².